The van der Waals surface area contributed by atoms with Gasteiger partial charge in [-0.15, -0.1) is 0 Å². The Hall–Kier alpha value is -3.19. The summed E-state index contributed by atoms with van der Waals surface area (Å²) in [4.78, 5) is 29.7. The van der Waals surface area contributed by atoms with Crippen molar-refractivity contribution >= 4 is 33.4 Å². The number of hydrogen-bond acceptors (Lipinski definition) is 5. The SMILES string of the molecule is CC[C@@]1(O)C(=O)OCc2c1cc1c3nc4ccccc4cc3[nH]n1c2=O. The molecule has 0 saturated heterocycles. The summed E-state index contributed by atoms with van der Waals surface area (Å²) in [6.45, 7) is 1.53. The smallest absolute Gasteiger partial charge is 0.343 e. The van der Waals surface area contributed by atoms with E-state index in [9.17, 15) is 14.7 Å². The van der Waals surface area contributed by atoms with Crippen LogP contribution in [0.2, 0.25) is 0 Å². The van der Waals surface area contributed by atoms with Crippen molar-refractivity contribution in [3.63, 3.8) is 0 Å². The van der Waals surface area contributed by atoms with Gasteiger partial charge in [0.05, 0.1) is 22.1 Å². The number of carbonyl (C=O) groups excluding carboxylic acids is 1. The monoisotopic (exact) mass is 349 g/mol. The van der Waals surface area contributed by atoms with E-state index >= 15 is 0 Å². The van der Waals surface area contributed by atoms with Gasteiger partial charge in [0.2, 0.25) is 0 Å². The predicted octanol–water partition coefficient (Wildman–Crippen LogP) is 1.98. The number of aromatic nitrogens is 3. The molecule has 4 heterocycles. The number of nitrogens with one attached hydrogen (secondary N) is 1. The molecule has 7 heteroatoms. The Morgan fingerprint density at radius 2 is 2.12 bits per heavy atom. The topological polar surface area (TPSA) is 96.7 Å². The van der Waals surface area contributed by atoms with Crippen LogP contribution >= 0.6 is 0 Å². The van der Waals surface area contributed by atoms with E-state index in [0.29, 0.717) is 22.1 Å². The van der Waals surface area contributed by atoms with Gasteiger partial charge in [-0.3, -0.25) is 9.89 Å². The highest BCUT2D eigenvalue weighted by molar-refractivity contribution is 5.99. The molecule has 1 atom stereocenters. The van der Waals surface area contributed by atoms with Crippen LogP contribution in [0.15, 0.2) is 41.2 Å². The molecule has 0 amide bonds. The minimum absolute atomic E-state index is 0.118. The second-order valence-corrected chi connectivity index (χ2v) is 6.54. The minimum Gasteiger partial charge on any atom is -0.458 e. The summed E-state index contributed by atoms with van der Waals surface area (Å²) in [5.74, 6) is -0.727. The molecule has 0 saturated carbocycles. The molecule has 26 heavy (non-hydrogen) atoms. The van der Waals surface area contributed by atoms with Crippen LogP contribution in [0.3, 0.4) is 0 Å². The van der Waals surface area contributed by atoms with Gasteiger partial charge in [-0.25, -0.2) is 14.3 Å². The highest BCUT2D eigenvalue weighted by Gasteiger charge is 2.44. The molecular formula is C19H15N3O4. The second-order valence-electron chi connectivity index (χ2n) is 6.54. The highest BCUT2D eigenvalue weighted by Crippen LogP contribution is 2.34. The molecule has 7 nitrogen and oxygen atoms in total. The molecule has 5 rings (SSSR count). The maximum absolute atomic E-state index is 12.9. The number of ether oxygens (including phenoxy) is 1. The molecule has 2 N–H and O–H groups in total. The number of nitrogens with zero attached hydrogens (tertiary/aromatic N) is 2. The standard InChI is InChI=1S/C19H15N3O4/c1-2-19(25)12-8-15-16-14(7-10-5-3-4-6-13(10)20-16)21-22(15)17(23)11(12)9-26-18(19)24/h3-8,21,25H,2,9H2,1H3/t19-/m0/s1. The Balaban J connectivity index is 1.94. The zero-order valence-corrected chi connectivity index (χ0v) is 13.9. The van der Waals surface area contributed by atoms with Gasteiger partial charge >= 0.3 is 5.97 Å². The number of para-hydroxylation sites is 1. The number of pyridine rings is 2. The lowest BCUT2D eigenvalue weighted by Crippen LogP contribution is -2.43. The Labute approximate surface area is 146 Å². The number of fused-ring (bicyclic) bond motifs is 5. The first-order valence-electron chi connectivity index (χ1n) is 8.39. The fourth-order valence-corrected chi connectivity index (χ4v) is 3.66. The summed E-state index contributed by atoms with van der Waals surface area (Å²) < 4.78 is 6.44. The van der Waals surface area contributed by atoms with Crippen molar-refractivity contribution in [3.05, 3.63) is 57.9 Å². The van der Waals surface area contributed by atoms with Crippen LogP contribution < -0.4 is 5.56 Å². The second kappa shape index (κ2) is 4.92. The number of H-pyrrole nitrogens is 1. The van der Waals surface area contributed by atoms with E-state index in [1.165, 1.54) is 4.52 Å². The van der Waals surface area contributed by atoms with Crippen LogP contribution in [0, 0.1) is 0 Å². The summed E-state index contributed by atoms with van der Waals surface area (Å²) in [6.07, 6.45) is 0.118. The fraction of sp³-hybridized carbons (Fsp3) is 0.211. The lowest BCUT2D eigenvalue weighted by molar-refractivity contribution is -0.172. The van der Waals surface area contributed by atoms with Crippen molar-refractivity contribution in [2.75, 3.05) is 0 Å². The number of aromatic amines is 1. The zero-order chi connectivity index (χ0) is 18.1. The van der Waals surface area contributed by atoms with Gasteiger partial charge in [0.1, 0.15) is 12.1 Å². The molecule has 0 bridgehead atoms. The zero-order valence-electron chi connectivity index (χ0n) is 13.9. The Morgan fingerprint density at radius 3 is 2.92 bits per heavy atom. The molecule has 0 radical (unpaired) electrons. The maximum atomic E-state index is 12.9. The molecule has 1 aliphatic rings. The first-order chi connectivity index (χ1) is 12.5. The number of rotatable bonds is 1. The van der Waals surface area contributed by atoms with E-state index in [1.54, 1.807) is 13.0 Å². The molecule has 1 aromatic carbocycles. The van der Waals surface area contributed by atoms with Crippen molar-refractivity contribution < 1.29 is 14.6 Å². The number of hydrogen-bond donors (Lipinski definition) is 2. The quantitative estimate of drug-likeness (QED) is 0.512. The summed E-state index contributed by atoms with van der Waals surface area (Å²) >= 11 is 0. The fourth-order valence-electron chi connectivity index (χ4n) is 3.66. The first kappa shape index (κ1) is 15.1. The van der Waals surface area contributed by atoms with Gasteiger partial charge in [0.15, 0.2) is 5.60 Å². The van der Waals surface area contributed by atoms with Crippen LogP contribution in [-0.4, -0.2) is 25.7 Å². The Kier molecular flexibility index (Phi) is 2.86. The summed E-state index contributed by atoms with van der Waals surface area (Å²) in [6, 6.07) is 11.3. The normalized spacial score (nSPS) is 19.8. The van der Waals surface area contributed by atoms with Crippen molar-refractivity contribution in [2.24, 2.45) is 0 Å². The molecule has 0 fully saturated rings. The number of benzene rings is 1. The van der Waals surface area contributed by atoms with Gasteiger partial charge in [0.25, 0.3) is 5.56 Å². The largest absolute Gasteiger partial charge is 0.458 e. The van der Waals surface area contributed by atoms with E-state index in [1.807, 2.05) is 30.3 Å². The lowest BCUT2D eigenvalue weighted by Gasteiger charge is -2.31. The maximum Gasteiger partial charge on any atom is 0.343 e. The number of cyclic esters (lactones) is 1. The van der Waals surface area contributed by atoms with E-state index in [0.717, 1.165) is 10.9 Å². The third kappa shape index (κ3) is 1.78. The van der Waals surface area contributed by atoms with Crippen LogP contribution in [0.5, 0.6) is 0 Å². The third-order valence-electron chi connectivity index (χ3n) is 5.15. The molecule has 3 aromatic heterocycles. The number of aliphatic hydroxyl groups is 1. The van der Waals surface area contributed by atoms with Gasteiger partial charge in [-0.2, -0.15) is 0 Å². The van der Waals surface area contributed by atoms with Crippen LogP contribution in [0.4, 0.5) is 0 Å². The molecule has 0 spiro atoms. The van der Waals surface area contributed by atoms with E-state index in [4.69, 9.17) is 4.74 Å². The van der Waals surface area contributed by atoms with E-state index < -0.39 is 11.6 Å². The van der Waals surface area contributed by atoms with Crippen molar-refractivity contribution in [1.82, 2.24) is 14.6 Å². The third-order valence-corrected chi connectivity index (χ3v) is 5.15. The van der Waals surface area contributed by atoms with E-state index in [-0.39, 0.29) is 24.2 Å². The molecule has 4 aromatic rings. The van der Waals surface area contributed by atoms with Crippen LogP contribution in [0.1, 0.15) is 24.5 Å². The summed E-state index contributed by atoms with van der Waals surface area (Å²) in [5.41, 5.74) is 1.06. The number of esters is 1. The van der Waals surface area contributed by atoms with Gasteiger partial charge in [-0.1, -0.05) is 25.1 Å². The molecule has 130 valence electrons. The minimum atomic E-state index is -1.82. The summed E-state index contributed by atoms with van der Waals surface area (Å²) in [5, 5.41) is 14.8. The average molecular weight is 349 g/mol. The Bertz CT molecular complexity index is 1290. The van der Waals surface area contributed by atoms with Crippen molar-refractivity contribution in [2.45, 2.75) is 25.6 Å². The van der Waals surface area contributed by atoms with Crippen molar-refractivity contribution in [3.8, 4) is 0 Å². The summed E-state index contributed by atoms with van der Waals surface area (Å²) in [7, 11) is 0. The van der Waals surface area contributed by atoms with Gasteiger partial charge in [0, 0.05) is 10.9 Å². The van der Waals surface area contributed by atoms with Crippen molar-refractivity contribution in [1.29, 1.82) is 0 Å². The first-order valence-corrected chi connectivity index (χ1v) is 8.39. The predicted molar refractivity (Wildman–Crippen MR) is 94.8 cm³/mol. The average Bonchev–Trinajstić information content (AvgIpc) is 3.01. The van der Waals surface area contributed by atoms with Gasteiger partial charge < -0.3 is 9.84 Å². The Morgan fingerprint density at radius 1 is 1.31 bits per heavy atom. The lowest BCUT2D eigenvalue weighted by atomic mass is 9.86. The van der Waals surface area contributed by atoms with Crippen LogP contribution in [-0.2, 0) is 21.7 Å². The molecule has 1 aliphatic heterocycles. The van der Waals surface area contributed by atoms with E-state index in [2.05, 4.69) is 10.1 Å². The highest BCUT2D eigenvalue weighted by atomic mass is 16.6. The molecular weight excluding hydrogens is 334 g/mol. The molecule has 0 aliphatic carbocycles. The van der Waals surface area contributed by atoms with Gasteiger partial charge in [-0.05, 0) is 24.6 Å². The number of carbonyl (C=O) groups is 1. The molecule has 0 unspecified atom stereocenters. The van der Waals surface area contributed by atoms with Crippen LogP contribution in [0.25, 0.3) is 27.5 Å².